The molecule has 3 aliphatic carbocycles. The molecule has 9 rings (SSSR count). The lowest BCUT2D eigenvalue weighted by Crippen LogP contribution is -2.32. The number of hydrogen-bond donors (Lipinski definition) is 0. The van der Waals surface area contributed by atoms with Gasteiger partial charge in [-0.3, -0.25) is 0 Å². The van der Waals surface area contributed by atoms with Crippen LogP contribution in [0.1, 0.15) is 37.7 Å². The van der Waals surface area contributed by atoms with Gasteiger partial charge < -0.3 is 0 Å². The molecule has 0 radical (unpaired) electrons. The number of fused-ring (bicyclic) bond motifs is 4. The molecule has 0 heteroatoms. The van der Waals surface area contributed by atoms with Gasteiger partial charge in [-0.1, -0.05) is 164 Å². The Morgan fingerprint density at radius 3 is 1.79 bits per heavy atom. The third-order valence-electron chi connectivity index (χ3n) is 10.4. The number of benzene rings is 6. The zero-order chi connectivity index (χ0) is 31.9. The lowest BCUT2D eigenvalue weighted by Gasteiger charge is -2.20. The Hall–Kier alpha value is -5.46. The molecular formula is C48H38. The highest BCUT2D eigenvalue weighted by atomic mass is 14.3. The van der Waals surface area contributed by atoms with E-state index in [1.54, 1.807) is 0 Å². The molecule has 6 aromatic rings. The molecule has 0 saturated carbocycles. The Labute approximate surface area is 283 Å². The van der Waals surface area contributed by atoms with Gasteiger partial charge >= 0.3 is 0 Å². The summed E-state index contributed by atoms with van der Waals surface area (Å²) in [6.07, 6.45) is 24.5. The van der Waals surface area contributed by atoms with Crippen molar-refractivity contribution in [2.45, 2.75) is 32.1 Å². The van der Waals surface area contributed by atoms with E-state index in [-0.39, 0.29) is 0 Å². The summed E-state index contributed by atoms with van der Waals surface area (Å²) in [5.41, 5.74) is 14.5. The molecule has 1 atom stereocenters. The molecule has 0 N–H and O–H groups in total. The van der Waals surface area contributed by atoms with E-state index in [4.69, 9.17) is 0 Å². The molecule has 0 saturated heterocycles. The first-order valence-electron chi connectivity index (χ1n) is 17.5. The molecule has 0 aromatic heterocycles. The highest BCUT2D eigenvalue weighted by Crippen LogP contribution is 2.54. The van der Waals surface area contributed by atoms with E-state index in [0.29, 0.717) is 5.92 Å². The maximum Gasteiger partial charge on any atom is -0.000753 e. The van der Waals surface area contributed by atoms with Crippen molar-refractivity contribution in [1.29, 1.82) is 0 Å². The Balaban J connectivity index is 1.21. The highest BCUT2D eigenvalue weighted by Gasteiger charge is 2.30. The lowest BCUT2D eigenvalue weighted by atomic mass is 9.83. The molecule has 0 heterocycles. The predicted molar refractivity (Wildman–Crippen MR) is 207 cm³/mol. The van der Waals surface area contributed by atoms with Crippen molar-refractivity contribution in [3.63, 3.8) is 0 Å². The second-order valence-corrected chi connectivity index (χ2v) is 13.3. The van der Waals surface area contributed by atoms with Crippen molar-refractivity contribution in [3.05, 3.63) is 162 Å². The van der Waals surface area contributed by atoms with Gasteiger partial charge in [-0.25, -0.2) is 0 Å². The standard InChI is InChI=1S/C48H38/c1-4-15-33(16-5-1)17-10-11-18-34-27-29-35(30-28-34)38-31-32-43-46-39(38)25-14-26-42(46)47-44(36-19-6-2-7-20-36)40-23-12-13-24-41(40)45(48(43)47)37-21-8-3-9-22-37/h2-4,6-11,14-15,17-33H,1,5,12-13,16H2/b17-10+,18-11+. The Kier molecular flexibility index (Phi) is 7.36. The van der Waals surface area contributed by atoms with Crippen LogP contribution in [0.15, 0.2) is 146 Å². The first-order chi connectivity index (χ1) is 23.8. The van der Waals surface area contributed by atoms with Crippen molar-refractivity contribution in [2.75, 3.05) is 0 Å². The van der Waals surface area contributed by atoms with Crippen LogP contribution in [-0.2, 0) is 0 Å². The van der Waals surface area contributed by atoms with E-state index in [1.165, 1.54) is 102 Å². The van der Waals surface area contributed by atoms with Crippen LogP contribution < -0.4 is 10.4 Å². The minimum Gasteiger partial charge on any atom is -0.0879 e. The third kappa shape index (κ3) is 4.92. The molecule has 230 valence electrons. The smallest absolute Gasteiger partial charge is 0.000753 e. The molecule has 0 amide bonds. The second kappa shape index (κ2) is 12.3. The maximum atomic E-state index is 2.48. The second-order valence-electron chi connectivity index (χ2n) is 13.3. The van der Waals surface area contributed by atoms with Crippen LogP contribution in [0.5, 0.6) is 0 Å². The summed E-state index contributed by atoms with van der Waals surface area (Å²) >= 11 is 0. The van der Waals surface area contributed by atoms with E-state index in [9.17, 15) is 0 Å². The minimum atomic E-state index is 0.579. The van der Waals surface area contributed by atoms with E-state index in [2.05, 4.69) is 164 Å². The van der Waals surface area contributed by atoms with Crippen molar-refractivity contribution in [1.82, 2.24) is 0 Å². The summed E-state index contributed by atoms with van der Waals surface area (Å²) in [5.74, 6) is 0.579. The van der Waals surface area contributed by atoms with Gasteiger partial charge in [0.1, 0.15) is 0 Å². The van der Waals surface area contributed by atoms with Gasteiger partial charge in [0.15, 0.2) is 0 Å². The normalized spacial score (nSPS) is 16.2. The van der Waals surface area contributed by atoms with E-state index >= 15 is 0 Å². The van der Waals surface area contributed by atoms with Crippen molar-refractivity contribution in [2.24, 2.45) is 5.92 Å². The van der Waals surface area contributed by atoms with Crippen LogP contribution in [0, 0.1) is 5.92 Å². The van der Waals surface area contributed by atoms with Gasteiger partial charge in [0.25, 0.3) is 0 Å². The molecule has 0 nitrogen and oxygen atoms in total. The van der Waals surface area contributed by atoms with Gasteiger partial charge in [-0.15, -0.1) is 0 Å². The van der Waals surface area contributed by atoms with Gasteiger partial charge in [0.2, 0.25) is 0 Å². The third-order valence-corrected chi connectivity index (χ3v) is 10.4. The molecule has 0 aliphatic heterocycles. The van der Waals surface area contributed by atoms with Gasteiger partial charge in [-0.2, -0.15) is 0 Å². The Morgan fingerprint density at radius 1 is 0.500 bits per heavy atom. The minimum absolute atomic E-state index is 0.579. The van der Waals surface area contributed by atoms with Crippen LogP contribution in [0.3, 0.4) is 0 Å². The number of hydrogen-bond acceptors (Lipinski definition) is 0. The van der Waals surface area contributed by atoms with Crippen molar-refractivity contribution >= 4 is 29.0 Å². The number of allylic oxidation sites excluding steroid dienone is 5. The lowest BCUT2D eigenvalue weighted by molar-refractivity contribution is 0.631. The summed E-state index contributed by atoms with van der Waals surface area (Å²) in [4.78, 5) is 0. The molecule has 6 aromatic carbocycles. The molecule has 0 fully saturated rings. The van der Waals surface area contributed by atoms with Crippen LogP contribution in [0.4, 0.5) is 0 Å². The molecule has 48 heavy (non-hydrogen) atoms. The average Bonchev–Trinajstić information content (AvgIpc) is 3.49. The topological polar surface area (TPSA) is 0 Å². The summed E-state index contributed by atoms with van der Waals surface area (Å²) in [6.45, 7) is 0. The average molecular weight is 615 g/mol. The van der Waals surface area contributed by atoms with Gasteiger partial charge in [0.05, 0.1) is 0 Å². The first kappa shape index (κ1) is 28.7. The Bertz CT molecular complexity index is 2290. The van der Waals surface area contributed by atoms with Crippen LogP contribution in [0.25, 0.3) is 84.6 Å². The van der Waals surface area contributed by atoms with E-state index < -0.39 is 0 Å². The summed E-state index contributed by atoms with van der Waals surface area (Å²) < 4.78 is 0. The molecule has 3 aliphatic rings. The fourth-order valence-corrected chi connectivity index (χ4v) is 8.24. The Morgan fingerprint density at radius 2 is 1.15 bits per heavy atom. The van der Waals surface area contributed by atoms with Crippen LogP contribution >= 0.6 is 0 Å². The van der Waals surface area contributed by atoms with Crippen LogP contribution in [0.2, 0.25) is 0 Å². The largest absolute Gasteiger partial charge is 0.0879 e. The van der Waals surface area contributed by atoms with Crippen LogP contribution in [-0.4, -0.2) is 0 Å². The quantitative estimate of drug-likeness (QED) is 0.129. The molecule has 1 unspecified atom stereocenters. The molecule has 0 bridgehead atoms. The number of rotatable bonds is 6. The summed E-state index contributed by atoms with van der Waals surface area (Å²) in [6, 6.07) is 42.9. The van der Waals surface area contributed by atoms with Gasteiger partial charge in [-0.05, 0) is 120 Å². The molecular weight excluding hydrogens is 577 g/mol. The van der Waals surface area contributed by atoms with E-state index in [1.807, 2.05) is 0 Å². The van der Waals surface area contributed by atoms with E-state index in [0.717, 1.165) is 12.8 Å². The first-order valence-corrected chi connectivity index (χ1v) is 17.5. The van der Waals surface area contributed by atoms with Crippen molar-refractivity contribution in [3.8, 4) is 55.6 Å². The fraction of sp³-hybridized carbons (Fsp3) is 0.125. The fourth-order valence-electron chi connectivity index (χ4n) is 8.24. The monoisotopic (exact) mass is 614 g/mol. The predicted octanol–water partition coefficient (Wildman–Crippen LogP) is 11.8. The zero-order valence-corrected chi connectivity index (χ0v) is 27.2. The van der Waals surface area contributed by atoms with Crippen molar-refractivity contribution < 1.29 is 0 Å². The highest BCUT2D eigenvalue weighted by molar-refractivity contribution is 6.23. The summed E-state index contributed by atoms with van der Waals surface area (Å²) in [5, 5.41) is 5.44. The zero-order valence-electron chi connectivity index (χ0n) is 27.2. The molecule has 0 spiro atoms. The maximum absolute atomic E-state index is 2.48. The van der Waals surface area contributed by atoms with Gasteiger partial charge in [0, 0.05) is 0 Å². The summed E-state index contributed by atoms with van der Waals surface area (Å²) in [7, 11) is 0. The SMILES string of the molecule is C1=CC(/C=C/C=C/c2ccc(-c3ccc4c5c(cccc35)-c3c-4c(-c4ccccc4)c4c(c3-c3ccccc3)=CCCC=4)cc2)CCC1.